The second-order valence-corrected chi connectivity index (χ2v) is 7.89. The smallest absolute Gasteiger partial charge is 0.236 e. The summed E-state index contributed by atoms with van der Waals surface area (Å²) in [5.74, 6) is -1.50. The number of nitrogens with zero attached hydrogens (tertiary/aromatic N) is 2. The minimum absolute atomic E-state index is 0.194. The predicted octanol–water partition coefficient (Wildman–Crippen LogP) is 2.35. The Balaban J connectivity index is 2.04. The van der Waals surface area contributed by atoms with Crippen LogP contribution >= 0.6 is 12.2 Å². The Morgan fingerprint density at radius 1 is 1.53 bits per heavy atom. The van der Waals surface area contributed by atoms with Crippen molar-refractivity contribution in [1.82, 2.24) is 15.4 Å². The molecule has 10 heteroatoms. The fraction of sp³-hybridized carbons (Fsp3) is 0.450. The molecule has 4 unspecified atom stereocenters. The van der Waals surface area contributed by atoms with Crippen LogP contribution in [0.5, 0.6) is 0 Å². The van der Waals surface area contributed by atoms with Gasteiger partial charge in [0.2, 0.25) is 5.91 Å². The molecule has 2 aromatic rings. The van der Waals surface area contributed by atoms with Gasteiger partial charge in [0.25, 0.3) is 0 Å². The maximum Gasteiger partial charge on any atom is 0.236 e. The van der Waals surface area contributed by atoms with E-state index in [0.717, 1.165) is 0 Å². The Kier molecular flexibility index (Phi) is 6.39. The molecule has 0 aliphatic carbocycles. The van der Waals surface area contributed by atoms with E-state index in [1.807, 2.05) is 6.92 Å². The van der Waals surface area contributed by atoms with Crippen LogP contribution in [0.4, 0.5) is 10.2 Å². The Bertz CT molecular complexity index is 935. The first-order chi connectivity index (χ1) is 14.2. The minimum Gasteiger partial charge on any atom is -0.383 e. The van der Waals surface area contributed by atoms with Gasteiger partial charge in [-0.3, -0.25) is 4.79 Å². The molecule has 162 valence electrons. The van der Waals surface area contributed by atoms with Crippen LogP contribution in [-0.4, -0.2) is 51.7 Å². The molecule has 8 nitrogen and oxygen atoms in total. The average molecular weight is 437 g/mol. The number of thiocarbonyl (C=S) groups is 1. The van der Waals surface area contributed by atoms with Gasteiger partial charge in [0.1, 0.15) is 17.5 Å². The maximum atomic E-state index is 14.6. The molecule has 1 amide bonds. The number of nitrogens with one attached hydrogen (secondary N) is 2. The van der Waals surface area contributed by atoms with Gasteiger partial charge in [0, 0.05) is 18.7 Å². The van der Waals surface area contributed by atoms with E-state index >= 15 is 0 Å². The normalized spacial score (nSPS) is 25.0. The summed E-state index contributed by atoms with van der Waals surface area (Å²) in [4.78, 5) is 14.8. The number of aliphatic hydroxyl groups is 1. The zero-order chi connectivity index (χ0) is 22.1. The number of amides is 1. The van der Waals surface area contributed by atoms with Crippen molar-refractivity contribution in [2.75, 3.05) is 19.0 Å². The van der Waals surface area contributed by atoms with Gasteiger partial charge in [-0.05, 0) is 39.1 Å². The zero-order valence-electron chi connectivity index (χ0n) is 17.2. The lowest BCUT2D eigenvalue weighted by Gasteiger charge is -2.52. The number of methoxy groups -OCH3 is 1. The van der Waals surface area contributed by atoms with Crippen molar-refractivity contribution in [3.05, 3.63) is 47.5 Å². The number of carbonyl (C=O) groups is 1. The summed E-state index contributed by atoms with van der Waals surface area (Å²) in [6.45, 7) is 5.25. The van der Waals surface area contributed by atoms with E-state index in [1.165, 1.54) is 25.0 Å². The summed E-state index contributed by atoms with van der Waals surface area (Å²) < 4.78 is 24.8. The number of anilines is 1. The van der Waals surface area contributed by atoms with Crippen molar-refractivity contribution in [2.24, 2.45) is 5.92 Å². The van der Waals surface area contributed by atoms with Crippen molar-refractivity contribution >= 4 is 29.1 Å². The first-order valence-electron chi connectivity index (χ1n) is 9.46. The van der Waals surface area contributed by atoms with E-state index in [-0.39, 0.29) is 29.1 Å². The summed E-state index contributed by atoms with van der Waals surface area (Å²) in [7, 11) is 1.53. The number of ether oxygens (including phenoxy) is 1. The molecule has 1 aliphatic heterocycles. The first-order valence-corrected chi connectivity index (χ1v) is 9.87. The van der Waals surface area contributed by atoms with Crippen molar-refractivity contribution in [1.29, 1.82) is 0 Å². The van der Waals surface area contributed by atoms with Crippen LogP contribution in [0.25, 0.3) is 0 Å². The van der Waals surface area contributed by atoms with E-state index in [1.54, 1.807) is 31.2 Å². The maximum absolute atomic E-state index is 14.6. The van der Waals surface area contributed by atoms with E-state index < -0.39 is 29.4 Å². The summed E-state index contributed by atoms with van der Waals surface area (Å²) in [6.07, 6.45) is 0. The number of rotatable bonds is 6. The van der Waals surface area contributed by atoms with Crippen LogP contribution in [-0.2, 0) is 9.53 Å². The molecule has 3 rings (SSSR count). The number of aryl methyl sites for hydroxylation is 1. The zero-order valence-corrected chi connectivity index (χ0v) is 18.0. The van der Waals surface area contributed by atoms with E-state index in [2.05, 4.69) is 15.8 Å². The lowest BCUT2D eigenvalue weighted by Crippen LogP contribution is -2.70. The summed E-state index contributed by atoms with van der Waals surface area (Å²) in [5, 5.41) is 21.2. The first kappa shape index (κ1) is 22.1. The van der Waals surface area contributed by atoms with Gasteiger partial charge in [-0.25, -0.2) is 4.39 Å². The van der Waals surface area contributed by atoms with Crippen LogP contribution in [0.2, 0.25) is 0 Å². The Labute approximate surface area is 179 Å². The van der Waals surface area contributed by atoms with E-state index in [9.17, 15) is 14.3 Å². The van der Waals surface area contributed by atoms with Gasteiger partial charge >= 0.3 is 0 Å². The summed E-state index contributed by atoms with van der Waals surface area (Å²) in [5.41, 5.74) is -1.54. The number of halogens is 1. The van der Waals surface area contributed by atoms with Crippen LogP contribution < -0.4 is 10.6 Å². The summed E-state index contributed by atoms with van der Waals surface area (Å²) >= 11 is 5.48. The molecular weight excluding hydrogens is 411 g/mol. The monoisotopic (exact) mass is 436 g/mol. The third kappa shape index (κ3) is 4.16. The third-order valence-electron chi connectivity index (χ3n) is 5.16. The number of aromatic nitrogens is 1. The van der Waals surface area contributed by atoms with Gasteiger partial charge in [0.15, 0.2) is 16.7 Å². The standard InChI is InChI=1S/C20H25FN4O4S/c1-11(10-28-4)25-19(30)23-17(13-7-5-6-8-14(13)21)16(20(25,3)27)18(26)22-15-9-12(2)29-24-15/h5-9,11,16-17,27H,10H2,1-4H3,(H,23,30)(H,22,24,26). The minimum atomic E-state index is -1.75. The quantitative estimate of drug-likeness (QED) is 0.594. The molecular formula is C20H25FN4O4S. The van der Waals surface area contributed by atoms with Crippen molar-refractivity contribution in [3.63, 3.8) is 0 Å². The number of hydrogen-bond acceptors (Lipinski definition) is 6. The topological polar surface area (TPSA) is 99.9 Å². The molecule has 0 radical (unpaired) electrons. The molecule has 1 fully saturated rings. The third-order valence-corrected chi connectivity index (χ3v) is 5.47. The molecule has 1 aliphatic rings. The van der Waals surface area contributed by atoms with Crippen LogP contribution in [0.3, 0.4) is 0 Å². The number of benzene rings is 1. The Morgan fingerprint density at radius 3 is 2.83 bits per heavy atom. The lowest BCUT2D eigenvalue weighted by molar-refractivity contribution is -0.160. The molecule has 30 heavy (non-hydrogen) atoms. The molecule has 0 bridgehead atoms. The van der Waals surface area contributed by atoms with Gasteiger partial charge in [-0.15, -0.1) is 0 Å². The molecule has 2 heterocycles. The van der Waals surface area contributed by atoms with E-state index in [4.69, 9.17) is 21.5 Å². The molecule has 4 atom stereocenters. The van der Waals surface area contributed by atoms with E-state index in [0.29, 0.717) is 5.76 Å². The van der Waals surface area contributed by atoms with Gasteiger partial charge in [-0.1, -0.05) is 23.4 Å². The molecule has 0 spiro atoms. The number of carbonyl (C=O) groups excluding carboxylic acids is 1. The number of hydrogen-bond donors (Lipinski definition) is 3. The average Bonchev–Trinajstić information content (AvgIpc) is 3.05. The molecule has 1 saturated heterocycles. The largest absolute Gasteiger partial charge is 0.383 e. The van der Waals surface area contributed by atoms with Crippen molar-refractivity contribution < 1.29 is 23.6 Å². The highest BCUT2D eigenvalue weighted by molar-refractivity contribution is 7.80. The van der Waals surface area contributed by atoms with Gasteiger partial charge in [0.05, 0.1) is 18.7 Å². The second kappa shape index (κ2) is 8.66. The van der Waals surface area contributed by atoms with Crippen LogP contribution in [0.15, 0.2) is 34.9 Å². The highest BCUT2D eigenvalue weighted by Gasteiger charge is 2.54. The van der Waals surface area contributed by atoms with Crippen molar-refractivity contribution in [3.8, 4) is 0 Å². The highest BCUT2D eigenvalue weighted by atomic mass is 32.1. The Morgan fingerprint density at radius 2 is 2.23 bits per heavy atom. The van der Waals surface area contributed by atoms with Gasteiger partial charge < -0.3 is 29.9 Å². The molecule has 1 aromatic carbocycles. The molecule has 3 N–H and O–H groups in total. The fourth-order valence-corrected chi connectivity index (χ4v) is 4.42. The predicted molar refractivity (Wildman–Crippen MR) is 112 cm³/mol. The van der Waals surface area contributed by atoms with Gasteiger partial charge in [-0.2, -0.15) is 0 Å². The van der Waals surface area contributed by atoms with Crippen LogP contribution in [0, 0.1) is 18.7 Å². The molecule has 1 aromatic heterocycles. The van der Waals surface area contributed by atoms with Crippen molar-refractivity contribution in [2.45, 2.75) is 38.6 Å². The second-order valence-electron chi connectivity index (χ2n) is 7.51. The SMILES string of the molecule is COCC(C)N1C(=S)NC(c2ccccc2F)C(C(=O)Nc2cc(C)on2)C1(C)O. The molecule has 0 saturated carbocycles. The lowest BCUT2D eigenvalue weighted by atomic mass is 9.81. The fourth-order valence-electron chi connectivity index (χ4n) is 3.93. The van der Waals surface area contributed by atoms with Crippen LogP contribution in [0.1, 0.15) is 31.2 Å². The Hall–Kier alpha value is -2.56. The summed E-state index contributed by atoms with van der Waals surface area (Å²) in [6, 6.07) is 6.36. The highest BCUT2D eigenvalue weighted by Crippen LogP contribution is 2.40.